The molecule has 4 N–H and O–H groups in total. The van der Waals surface area contributed by atoms with E-state index in [0.717, 1.165) is 27.9 Å². The van der Waals surface area contributed by atoms with Crippen molar-refractivity contribution in [2.45, 2.75) is 6.92 Å². The van der Waals surface area contributed by atoms with E-state index in [2.05, 4.69) is 15.2 Å². The van der Waals surface area contributed by atoms with Gasteiger partial charge in [-0.25, -0.2) is 0 Å². The summed E-state index contributed by atoms with van der Waals surface area (Å²) in [7, 11) is 1.60. The Morgan fingerprint density at radius 2 is 2.11 bits per heavy atom. The maximum Gasteiger partial charge on any atom is 0.145 e. The highest BCUT2D eigenvalue weighted by Crippen LogP contribution is 2.37. The second-order valence-corrected chi connectivity index (χ2v) is 4.77. The third kappa shape index (κ3) is 1.82. The Kier molecular flexibility index (Phi) is 2.64. The number of nitrogens with zero attached hydrogens (tertiary/aromatic N) is 1. The van der Waals surface area contributed by atoms with Gasteiger partial charge in [0.25, 0.3) is 0 Å². The fourth-order valence-electron chi connectivity index (χ4n) is 2.30. The van der Waals surface area contributed by atoms with E-state index in [1.807, 2.05) is 19.1 Å². The number of benzene rings is 1. The number of hydrogen-bond acceptors (Lipinski definition) is 3. The number of methoxy groups -OCH3 is 1. The van der Waals surface area contributed by atoms with Crippen LogP contribution in [0, 0.1) is 6.92 Å². The fraction of sp³-hybridized carbons (Fsp3) is 0.154. The Balaban J connectivity index is 2.32. The summed E-state index contributed by atoms with van der Waals surface area (Å²) in [5.74, 6) is 1.10. The number of nitrogen functional groups attached to an aromatic ring is 1. The molecule has 0 unspecified atom stereocenters. The average Bonchev–Trinajstić information content (AvgIpc) is 2.90. The number of aryl methyl sites for hydroxylation is 1. The predicted octanol–water partition coefficient (Wildman–Crippen LogP) is 3.11. The van der Waals surface area contributed by atoms with E-state index in [0.29, 0.717) is 16.6 Å². The molecule has 0 aliphatic carbocycles. The maximum atomic E-state index is 6.13. The molecule has 0 fully saturated rings. The van der Waals surface area contributed by atoms with Gasteiger partial charge in [0.2, 0.25) is 0 Å². The lowest BCUT2D eigenvalue weighted by atomic mass is 10.1. The summed E-state index contributed by atoms with van der Waals surface area (Å²) < 4.78 is 5.26. The molecule has 1 aromatic carbocycles. The number of hydrogen-bond donors (Lipinski definition) is 3. The van der Waals surface area contributed by atoms with Gasteiger partial charge < -0.3 is 15.5 Å². The molecule has 0 amide bonds. The molecule has 0 saturated heterocycles. The SMILES string of the molecule is COc1cc2c(-c3cc(N)n[nH]3)c(C)[nH]c2cc1Cl. The number of nitrogens with two attached hydrogens (primary N) is 1. The quantitative estimate of drug-likeness (QED) is 0.673. The van der Waals surface area contributed by atoms with Crippen molar-refractivity contribution >= 4 is 28.3 Å². The fourth-order valence-corrected chi connectivity index (χ4v) is 2.54. The third-order valence-electron chi connectivity index (χ3n) is 3.13. The minimum atomic E-state index is 0.463. The van der Waals surface area contributed by atoms with Crippen molar-refractivity contribution < 1.29 is 4.74 Å². The van der Waals surface area contributed by atoms with Crippen molar-refractivity contribution in [1.29, 1.82) is 0 Å². The molecule has 6 heteroatoms. The number of aromatic amines is 2. The minimum absolute atomic E-state index is 0.463. The Labute approximate surface area is 114 Å². The molecule has 3 aromatic rings. The highest BCUT2D eigenvalue weighted by Gasteiger charge is 2.15. The second kappa shape index (κ2) is 4.20. The molecule has 98 valence electrons. The third-order valence-corrected chi connectivity index (χ3v) is 3.42. The highest BCUT2D eigenvalue weighted by molar-refractivity contribution is 6.33. The van der Waals surface area contributed by atoms with Crippen LogP contribution in [0.5, 0.6) is 5.75 Å². The van der Waals surface area contributed by atoms with Crippen LogP contribution in [0.15, 0.2) is 18.2 Å². The van der Waals surface area contributed by atoms with Gasteiger partial charge in [-0.15, -0.1) is 0 Å². The summed E-state index contributed by atoms with van der Waals surface area (Å²) in [5, 5.41) is 8.48. The predicted molar refractivity (Wildman–Crippen MR) is 76.6 cm³/mol. The first-order valence-electron chi connectivity index (χ1n) is 5.77. The Morgan fingerprint density at radius 1 is 1.32 bits per heavy atom. The van der Waals surface area contributed by atoms with Crippen molar-refractivity contribution in [2.24, 2.45) is 0 Å². The van der Waals surface area contributed by atoms with Gasteiger partial charge in [0.15, 0.2) is 0 Å². The van der Waals surface area contributed by atoms with Gasteiger partial charge in [-0.2, -0.15) is 5.10 Å². The van der Waals surface area contributed by atoms with Gasteiger partial charge in [-0.3, -0.25) is 5.10 Å². The first-order chi connectivity index (χ1) is 9.10. The molecular formula is C13H13ClN4O. The van der Waals surface area contributed by atoms with Crippen molar-refractivity contribution in [1.82, 2.24) is 15.2 Å². The van der Waals surface area contributed by atoms with E-state index < -0.39 is 0 Å². The maximum absolute atomic E-state index is 6.13. The van der Waals surface area contributed by atoms with E-state index >= 15 is 0 Å². The summed E-state index contributed by atoms with van der Waals surface area (Å²) >= 11 is 6.13. The molecule has 0 bridgehead atoms. The molecule has 19 heavy (non-hydrogen) atoms. The summed E-state index contributed by atoms with van der Waals surface area (Å²) in [6.07, 6.45) is 0. The van der Waals surface area contributed by atoms with Crippen molar-refractivity contribution in [2.75, 3.05) is 12.8 Å². The number of aromatic nitrogens is 3. The van der Waals surface area contributed by atoms with Crippen LogP contribution in [0.2, 0.25) is 5.02 Å². The monoisotopic (exact) mass is 276 g/mol. The van der Waals surface area contributed by atoms with Crippen LogP contribution < -0.4 is 10.5 Å². The summed E-state index contributed by atoms with van der Waals surface area (Å²) in [6, 6.07) is 5.57. The van der Waals surface area contributed by atoms with Crippen LogP contribution in [-0.2, 0) is 0 Å². The number of nitrogens with one attached hydrogen (secondary N) is 2. The lowest BCUT2D eigenvalue weighted by Gasteiger charge is -2.03. The van der Waals surface area contributed by atoms with E-state index in [-0.39, 0.29) is 0 Å². The van der Waals surface area contributed by atoms with Crippen LogP contribution in [0.25, 0.3) is 22.2 Å². The van der Waals surface area contributed by atoms with Gasteiger partial charge >= 0.3 is 0 Å². The number of halogens is 1. The summed E-state index contributed by atoms with van der Waals surface area (Å²) in [4.78, 5) is 3.30. The lowest BCUT2D eigenvalue weighted by molar-refractivity contribution is 0.415. The van der Waals surface area contributed by atoms with Gasteiger partial charge in [-0.1, -0.05) is 11.6 Å². The van der Waals surface area contributed by atoms with Crippen molar-refractivity contribution in [3.05, 3.63) is 28.9 Å². The molecule has 2 heterocycles. The van der Waals surface area contributed by atoms with Crippen molar-refractivity contribution in [3.8, 4) is 17.0 Å². The minimum Gasteiger partial charge on any atom is -0.495 e. The summed E-state index contributed by atoms with van der Waals surface area (Å²) in [5.41, 5.74) is 9.52. The molecule has 0 saturated carbocycles. The van der Waals surface area contributed by atoms with Gasteiger partial charge in [-0.05, 0) is 19.1 Å². The van der Waals surface area contributed by atoms with Crippen LogP contribution in [-0.4, -0.2) is 22.3 Å². The molecule has 0 atom stereocenters. The van der Waals surface area contributed by atoms with E-state index in [1.54, 1.807) is 13.2 Å². The molecular weight excluding hydrogens is 264 g/mol. The Hall–Kier alpha value is -2.14. The van der Waals surface area contributed by atoms with Gasteiger partial charge in [0.05, 0.1) is 17.8 Å². The number of ether oxygens (including phenoxy) is 1. The van der Waals surface area contributed by atoms with E-state index in [9.17, 15) is 0 Å². The van der Waals surface area contributed by atoms with Gasteiger partial charge in [0.1, 0.15) is 11.6 Å². The first kappa shape index (κ1) is 11.9. The number of H-pyrrole nitrogens is 2. The van der Waals surface area contributed by atoms with Crippen LogP contribution in [0.3, 0.4) is 0 Å². The zero-order valence-corrected chi connectivity index (χ0v) is 11.3. The molecule has 0 aliphatic rings. The summed E-state index contributed by atoms with van der Waals surface area (Å²) in [6.45, 7) is 1.99. The standard InChI is InChI=1S/C13H13ClN4O/c1-6-13(10-5-12(15)18-17-10)7-3-11(19-2)8(14)4-9(7)16-6/h3-5,16H,1-2H3,(H3,15,17,18). The zero-order valence-electron chi connectivity index (χ0n) is 10.5. The molecule has 0 radical (unpaired) electrons. The number of anilines is 1. The highest BCUT2D eigenvalue weighted by atomic mass is 35.5. The molecule has 0 spiro atoms. The largest absolute Gasteiger partial charge is 0.495 e. The van der Waals surface area contributed by atoms with E-state index in [1.165, 1.54) is 0 Å². The smallest absolute Gasteiger partial charge is 0.145 e. The molecule has 5 nitrogen and oxygen atoms in total. The normalized spacial score (nSPS) is 11.1. The average molecular weight is 277 g/mol. The number of rotatable bonds is 2. The lowest BCUT2D eigenvalue weighted by Crippen LogP contribution is -1.84. The first-order valence-corrected chi connectivity index (χ1v) is 6.15. The molecule has 2 aromatic heterocycles. The van der Waals surface area contributed by atoms with Crippen LogP contribution in [0.4, 0.5) is 5.82 Å². The van der Waals surface area contributed by atoms with Gasteiger partial charge in [0, 0.05) is 28.2 Å². The number of fused-ring (bicyclic) bond motifs is 1. The van der Waals surface area contributed by atoms with Crippen LogP contribution >= 0.6 is 11.6 Å². The van der Waals surface area contributed by atoms with Crippen LogP contribution in [0.1, 0.15) is 5.69 Å². The zero-order chi connectivity index (χ0) is 13.6. The Bertz CT molecular complexity index is 759. The van der Waals surface area contributed by atoms with E-state index in [4.69, 9.17) is 22.1 Å². The topological polar surface area (TPSA) is 79.7 Å². The second-order valence-electron chi connectivity index (χ2n) is 4.36. The van der Waals surface area contributed by atoms with Crippen molar-refractivity contribution in [3.63, 3.8) is 0 Å². The molecule has 0 aliphatic heterocycles. The Morgan fingerprint density at radius 3 is 2.74 bits per heavy atom. The molecule has 3 rings (SSSR count).